The summed E-state index contributed by atoms with van der Waals surface area (Å²) in [6.45, 7) is 5.94. The Kier molecular flexibility index (Phi) is 4.89. The Morgan fingerprint density at radius 1 is 1.64 bits per heavy atom. The van der Waals surface area contributed by atoms with Gasteiger partial charge in [0.05, 0.1) is 4.83 Å². The molecule has 3 nitrogen and oxygen atoms in total. The first-order valence-corrected chi connectivity index (χ1v) is 6.18. The highest BCUT2D eigenvalue weighted by molar-refractivity contribution is 9.10. The van der Waals surface area contributed by atoms with Gasteiger partial charge in [-0.2, -0.15) is 0 Å². The molecule has 1 rings (SSSR count). The Hall–Kier alpha value is -0.0900. The number of piperidine rings is 1. The van der Waals surface area contributed by atoms with E-state index in [-0.39, 0.29) is 10.7 Å². The number of carbonyl (C=O) groups excluding carboxylic acids is 1. The fourth-order valence-corrected chi connectivity index (χ4v) is 2.18. The molecule has 0 bridgehead atoms. The standard InChI is InChI=1S/C10H19BrN2O/c1-3-12(2)7-8-13-6-4-5-9(11)10(13)14/h9H,3-8H2,1-2H3. The average molecular weight is 263 g/mol. The van der Waals surface area contributed by atoms with E-state index in [1.54, 1.807) is 0 Å². The van der Waals surface area contributed by atoms with Crippen LogP contribution in [0.4, 0.5) is 0 Å². The van der Waals surface area contributed by atoms with Crippen molar-refractivity contribution in [1.82, 2.24) is 9.80 Å². The van der Waals surface area contributed by atoms with Gasteiger partial charge in [-0.15, -0.1) is 0 Å². The maximum absolute atomic E-state index is 11.7. The van der Waals surface area contributed by atoms with Crippen molar-refractivity contribution >= 4 is 21.8 Å². The predicted octanol–water partition coefficient (Wildman–Crippen LogP) is 1.32. The SMILES string of the molecule is CCN(C)CCN1CCCC(Br)C1=O. The van der Waals surface area contributed by atoms with Gasteiger partial charge in [0.2, 0.25) is 5.91 Å². The van der Waals surface area contributed by atoms with Gasteiger partial charge < -0.3 is 9.80 Å². The van der Waals surface area contributed by atoms with Crippen LogP contribution < -0.4 is 0 Å². The second-order valence-corrected chi connectivity index (χ2v) is 4.94. The smallest absolute Gasteiger partial charge is 0.236 e. The van der Waals surface area contributed by atoms with Crippen molar-refractivity contribution in [3.8, 4) is 0 Å². The summed E-state index contributed by atoms with van der Waals surface area (Å²) < 4.78 is 0. The number of alkyl halides is 1. The Morgan fingerprint density at radius 2 is 2.36 bits per heavy atom. The molecule has 1 aliphatic rings. The zero-order valence-electron chi connectivity index (χ0n) is 9.00. The molecule has 1 fully saturated rings. The quantitative estimate of drug-likeness (QED) is 0.714. The van der Waals surface area contributed by atoms with Gasteiger partial charge in [-0.1, -0.05) is 22.9 Å². The van der Waals surface area contributed by atoms with Gasteiger partial charge in [-0.3, -0.25) is 4.79 Å². The van der Waals surface area contributed by atoms with Crippen molar-refractivity contribution in [2.45, 2.75) is 24.6 Å². The first kappa shape index (κ1) is 12.0. The van der Waals surface area contributed by atoms with Gasteiger partial charge >= 0.3 is 0 Å². The van der Waals surface area contributed by atoms with E-state index in [4.69, 9.17) is 0 Å². The molecule has 0 aliphatic carbocycles. The summed E-state index contributed by atoms with van der Waals surface area (Å²) in [4.78, 5) is 15.9. The molecule has 0 saturated carbocycles. The number of carbonyl (C=O) groups is 1. The number of likely N-dealkylation sites (N-methyl/N-ethyl adjacent to an activating group) is 1. The maximum atomic E-state index is 11.7. The minimum absolute atomic E-state index is 0.0585. The lowest BCUT2D eigenvalue weighted by Gasteiger charge is -2.31. The Labute approximate surface area is 94.6 Å². The van der Waals surface area contributed by atoms with E-state index in [9.17, 15) is 4.79 Å². The molecule has 1 atom stereocenters. The summed E-state index contributed by atoms with van der Waals surface area (Å²) in [5.74, 6) is 0.265. The van der Waals surface area contributed by atoms with Crippen molar-refractivity contribution in [3.05, 3.63) is 0 Å². The van der Waals surface area contributed by atoms with E-state index in [0.717, 1.165) is 39.0 Å². The van der Waals surface area contributed by atoms with Crippen LogP contribution in [-0.4, -0.2) is 53.8 Å². The zero-order chi connectivity index (χ0) is 10.6. The maximum Gasteiger partial charge on any atom is 0.236 e. The summed E-state index contributed by atoms with van der Waals surface area (Å²) in [5, 5.41) is 0. The fraction of sp³-hybridized carbons (Fsp3) is 0.900. The van der Waals surface area contributed by atoms with Gasteiger partial charge in [0.25, 0.3) is 0 Å². The molecule has 1 amide bonds. The van der Waals surface area contributed by atoms with Crippen molar-refractivity contribution in [1.29, 1.82) is 0 Å². The van der Waals surface area contributed by atoms with Crippen LogP contribution in [0.2, 0.25) is 0 Å². The van der Waals surface area contributed by atoms with Crippen LogP contribution >= 0.6 is 15.9 Å². The number of amides is 1. The number of hydrogen-bond donors (Lipinski definition) is 0. The van der Waals surface area contributed by atoms with E-state index in [0.29, 0.717) is 0 Å². The van der Waals surface area contributed by atoms with Gasteiger partial charge in [0, 0.05) is 19.6 Å². The monoisotopic (exact) mass is 262 g/mol. The summed E-state index contributed by atoms with van der Waals surface area (Å²) in [7, 11) is 2.08. The highest BCUT2D eigenvalue weighted by Gasteiger charge is 2.25. The minimum atomic E-state index is 0.0585. The van der Waals surface area contributed by atoms with Crippen LogP contribution in [0, 0.1) is 0 Å². The number of hydrogen-bond acceptors (Lipinski definition) is 2. The van der Waals surface area contributed by atoms with Gasteiger partial charge in [0.1, 0.15) is 0 Å². The topological polar surface area (TPSA) is 23.6 Å². The molecule has 1 heterocycles. The lowest BCUT2D eigenvalue weighted by atomic mass is 10.1. The molecule has 1 aliphatic heterocycles. The second kappa shape index (κ2) is 5.71. The molecule has 14 heavy (non-hydrogen) atoms. The molecule has 0 radical (unpaired) electrons. The largest absolute Gasteiger partial charge is 0.340 e. The Morgan fingerprint density at radius 3 is 3.00 bits per heavy atom. The Balaban J connectivity index is 2.32. The summed E-state index contributed by atoms with van der Waals surface area (Å²) >= 11 is 3.41. The van der Waals surface area contributed by atoms with Crippen LogP contribution in [0.3, 0.4) is 0 Å². The third-order valence-corrected chi connectivity index (χ3v) is 3.61. The number of halogens is 1. The zero-order valence-corrected chi connectivity index (χ0v) is 10.6. The molecular formula is C10H19BrN2O. The summed E-state index contributed by atoms with van der Waals surface area (Å²) in [6, 6.07) is 0. The number of likely N-dealkylation sites (tertiary alicyclic amines) is 1. The van der Waals surface area contributed by atoms with Crippen molar-refractivity contribution < 1.29 is 4.79 Å². The lowest BCUT2D eigenvalue weighted by Crippen LogP contribution is -2.44. The lowest BCUT2D eigenvalue weighted by molar-refractivity contribution is -0.132. The summed E-state index contributed by atoms with van der Waals surface area (Å²) in [6.07, 6.45) is 2.11. The molecule has 4 heteroatoms. The molecule has 0 spiro atoms. The molecule has 0 aromatic heterocycles. The second-order valence-electron chi connectivity index (χ2n) is 3.83. The first-order valence-electron chi connectivity index (χ1n) is 5.26. The molecule has 1 saturated heterocycles. The number of nitrogens with zero attached hydrogens (tertiary/aromatic N) is 2. The van der Waals surface area contributed by atoms with Crippen LogP contribution in [0.25, 0.3) is 0 Å². The van der Waals surface area contributed by atoms with Gasteiger partial charge in [-0.25, -0.2) is 0 Å². The van der Waals surface area contributed by atoms with Crippen molar-refractivity contribution in [3.63, 3.8) is 0 Å². The van der Waals surface area contributed by atoms with Crippen LogP contribution in [0.1, 0.15) is 19.8 Å². The fourth-order valence-electron chi connectivity index (χ4n) is 1.56. The molecular weight excluding hydrogens is 244 g/mol. The van der Waals surface area contributed by atoms with Crippen molar-refractivity contribution in [2.75, 3.05) is 33.2 Å². The van der Waals surface area contributed by atoms with E-state index in [2.05, 4.69) is 34.8 Å². The number of rotatable bonds is 4. The first-order chi connectivity index (χ1) is 6.65. The third kappa shape index (κ3) is 3.24. The van der Waals surface area contributed by atoms with Gasteiger partial charge in [0.15, 0.2) is 0 Å². The third-order valence-electron chi connectivity index (χ3n) is 2.76. The van der Waals surface area contributed by atoms with Crippen LogP contribution in [0.15, 0.2) is 0 Å². The van der Waals surface area contributed by atoms with Gasteiger partial charge in [-0.05, 0) is 26.4 Å². The normalized spacial score (nSPS) is 23.3. The molecule has 1 unspecified atom stereocenters. The molecule has 0 aromatic carbocycles. The van der Waals surface area contributed by atoms with E-state index >= 15 is 0 Å². The van der Waals surface area contributed by atoms with Crippen molar-refractivity contribution in [2.24, 2.45) is 0 Å². The average Bonchev–Trinajstić information content (AvgIpc) is 2.20. The van der Waals surface area contributed by atoms with E-state index in [1.807, 2.05) is 4.90 Å². The predicted molar refractivity (Wildman–Crippen MR) is 61.7 cm³/mol. The minimum Gasteiger partial charge on any atom is -0.340 e. The Bertz CT molecular complexity index is 199. The highest BCUT2D eigenvalue weighted by Crippen LogP contribution is 2.17. The van der Waals surface area contributed by atoms with E-state index in [1.165, 1.54) is 0 Å². The van der Waals surface area contributed by atoms with Crippen LogP contribution in [0.5, 0.6) is 0 Å². The van der Waals surface area contributed by atoms with Crippen LogP contribution in [-0.2, 0) is 4.79 Å². The van der Waals surface area contributed by atoms with E-state index < -0.39 is 0 Å². The highest BCUT2D eigenvalue weighted by atomic mass is 79.9. The summed E-state index contributed by atoms with van der Waals surface area (Å²) in [5.41, 5.74) is 0. The molecule has 0 aromatic rings. The molecule has 0 N–H and O–H groups in total. The molecule has 82 valence electrons.